The van der Waals surface area contributed by atoms with Gasteiger partial charge in [-0.25, -0.2) is 4.39 Å². The zero-order valence-electron chi connectivity index (χ0n) is 18.4. The molecule has 4 nitrogen and oxygen atoms in total. The molecule has 0 heterocycles. The van der Waals surface area contributed by atoms with E-state index in [-0.39, 0.29) is 24.2 Å². The fourth-order valence-electron chi connectivity index (χ4n) is 2.88. The van der Waals surface area contributed by atoms with Crippen LogP contribution in [0.2, 0.25) is 0 Å². The normalized spacial score (nSPS) is 12.3. The Morgan fingerprint density at radius 2 is 1.67 bits per heavy atom. The van der Waals surface area contributed by atoms with Gasteiger partial charge in [-0.05, 0) is 64.4 Å². The number of rotatable bonds is 8. The first-order chi connectivity index (χ1) is 14.0. The number of amides is 2. The molecule has 2 aromatic carbocycles. The summed E-state index contributed by atoms with van der Waals surface area (Å²) in [5.74, 6) is -0.0145. The van der Waals surface area contributed by atoms with Crippen molar-refractivity contribution in [2.75, 3.05) is 5.75 Å². The number of halogens is 1. The predicted octanol–water partition coefficient (Wildman–Crippen LogP) is 4.95. The lowest BCUT2D eigenvalue weighted by Crippen LogP contribution is -2.52. The SMILES string of the molecule is Cc1ccc(SCCC(=O)N(Cc2ccc(F)cc2)[C@H](C)C(=O)NC(C)(C)C)cc1. The minimum Gasteiger partial charge on any atom is -0.350 e. The second kappa shape index (κ2) is 10.6. The van der Waals surface area contributed by atoms with Crippen LogP contribution in [0.15, 0.2) is 53.4 Å². The summed E-state index contributed by atoms with van der Waals surface area (Å²) in [6.07, 6.45) is 0.312. The second-order valence-corrected chi connectivity index (χ2v) is 9.64. The summed E-state index contributed by atoms with van der Waals surface area (Å²) in [5, 5.41) is 2.94. The summed E-state index contributed by atoms with van der Waals surface area (Å²) in [4.78, 5) is 28.4. The van der Waals surface area contributed by atoms with Gasteiger partial charge >= 0.3 is 0 Å². The number of carbonyl (C=O) groups is 2. The van der Waals surface area contributed by atoms with E-state index in [4.69, 9.17) is 0 Å². The number of thioether (sulfide) groups is 1. The Bertz CT molecular complexity index is 845. The average molecular weight is 431 g/mol. The van der Waals surface area contributed by atoms with Crippen molar-refractivity contribution in [3.63, 3.8) is 0 Å². The number of nitrogens with one attached hydrogen (secondary N) is 1. The van der Waals surface area contributed by atoms with Crippen molar-refractivity contribution in [1.29, 1.82) is 0 Å². The third-order valence-corrected chi connectivity index (χ3v) is 5.55. The van der Waals surface area contributed by atoms with Gasteiger partial charge in [-0.3, -0.25) is 9.59 Å². The van der Waals surface area contributed by atoms with E-state index in [1.54, 1.807) is 35.7 Å². The van der Waals surface area contributed by atoms with E-state index in [1.165, 1.54) is 17.7 Å². The van der Waals surface area contributed by atoms with Crippen molar-refractivity contribution < 1.29 is 14.0 Å². The standard InChI is InChI=1S/C24H31FN2O2S/c1-17-6-12-21(13-7-17)30-15-14-22(28)27(16-19-8-10-20(25)11-9-19)18(2)23(29)26-24(3,4)5/h6-13,18H,14-16H2,1-5H3,(H,26,29)/t18-/m1/s1. The summed E-state index contributed by atoms with van der Waals surface area (Å²) in [7, 11) is 0. The molecule has 0 fully saturated rings. The van der Waals surface area contributed by atoms with Gasteiger partial charge < -0.3 is 10.2 Å². The molecule has 6 heteroatoms. The molecule has 1 N–H and O–H groups in total. The zero-order valence-corrected chi connectivity index (χ0v) is 19.2. The Morgan fingerprint density at radius 1 is 1.07 bits per heavy atom. The monoisotopic (exact) mass is 430 g/mol. The Kier molecular flexibility index (Phi) is 8.47. The first-order valence-corrected chi connectivity index (χ1v) is 11.1. The first-order valence-electron chi connectivity index (χ1n) is 10.1. The van der Waals surface area contributed by atoms with Crippen molar-refractivity contribution in [2.45, 2.75) is 64.1 Å². The molecule has 0 aliphatic carbocycles. The van der Waals surface area contributed by atoms with Gasteiger partial charge in [-0.2, -0.15) is 0 Å². The predicted molar refractivity (Wildman–Crippen MR) is 121 cm³/mol. The first kappa shape index (κ1) is 23.9. The van der Waals surface area contributed by atoms with Gasteiger partial charge in [0.05, 0.1) is 0 Å². The van der Waals surface area contributed by atoms with Crippen molar-refractivity contribution in [2.24, 2.45) is 0 Å². The fraction of sp³-hybridized carbons (Fsp3) is 0.417. The van der Waals surface area contributed by atoms with E-state index in [2.05, 4.69) is 5.32 Å². The van der Waals surface area contributed by atoms with Gasteiger partial charge in [0.25, 0.3) is 0 Å². The molecular formula is C24H31FN2O2S. The molecule has 0 saturated heterocycles. The summed E-state index contributed by atoms with van der Waals surface area (Å²) < 4.78 is 13.3. The number of nitrogens with zero attached hydrogens (tertiary/aromatic N) is 1. The highest BCUT2D eigenvalue weighted by atomic mass is 32.2. The van der Waals surface area contributed by atoms with E-state index in [0.717, 1.165) is 10.5 Å². The van der Waals surface area contributed by atoms with Gasteiger partial charge in [0.1, 0.15) is 11.9 Å². The van der Waals surface area contributed by atoms with Crippen molar-refractivity contribution in [1.82, 2.24) is 10.2 Å². The smallest absolute Gasteiger partial charge is 0.242 e. The van der Waals surface area contributed by atoms with Crippen LogP contribution < -0.4 is 5.32 Å². The Hall–Kier alpha value is -2.34. The van der Waals surface area contributed by atoms with Crippen LogP contribution in [-0.4, -0.2) is 34.0 Å². The third-order valence-electron chi connectivity index (χ3n) is 4.54. The molecule has 2 amide bonds. The molecule has 0 spiro atoms. The number of carbonyl (C=O) groups excluding carboxylic acids is 2. The van der Waals surface area contributed by atoms with Crippen LogP contribution in [-0.2, 0) is 16.1 Å². The molecule has 0 aromatic heterocycles. The molecule has 0 bridgehead atoms. The molecule has 162 valence electrons. The molecule has 0 radical (unpaired) electrons. The van der Waals surface area contributed by atoms with E-state index in [1.807, 2.05) is 52.0 Å². The van der Waals surface area contributed by atoms with Gasteiger partial charge in [-0.1, -0.05) is 29.8 Å². The lowest BCUT2D eigenvalue weighted by molar-refractivity contribution is -0.140. The van der Waals surface area contributed by atoms with Crippen LogP contribution in [0.25, 0.3) is 0 Å². The van der Waals surface area contributed by atoms with Crippen molar-refractivity contribution in [3.8, 4) is 0 Å². The average Bonchev–Trinajstić information content (AvgIpc) is 2.67. The van der Waals surface area contributed by atoms with Gasteiger partial charge in [0, 0.05) is 29.2 Å². The Balaban J connectivity index is 2.08. The van der Waals surface area contributed by atoms with E-state index >= 15 is 0 Å². The number of aryl methyl sites for hydroxylation is 1. The van der Waals surface area contributed by atoms with Crippen LogP contribution in [0.4, 0.5) is 4.39 Å². The quantitative estimate of drug-likeness (QED) is 0.603. The van der Waals surface area contributed by atoms with Crippen LogP contribution >= 0.6 is 11.8 Å². The van der Waals surface area contributed by atoms with Gasteiger partial charge in [-0.15, -0.1) is 11.8 Å². The molecule has 30 heavy (non-hydrogen) atoms. The van der Waals surface area contributed by atoms with E-state index in [9.17, 15) is 14.0 Å². The molecule has 0 aliphatic heterocycles. The fourth-order valence-corrected chi connectivity index (χ4v) is 3.72. The number of benzene rings is 2. The third kappa shape index (κ3) is 7.82. The summed E-state index contributed by atoms with van der Waals surface area (Å²) in [6, 6.07) is 13.6. The van der Waals surface area contributed by atoms with Gasteiger partial charge in [0.2, 0.25) is 11.8 Å². The molecule has 2 rings (SSSR count). The molecule has 2 aromatic rings. The molecule has 1 atom stereocenters. The zero-order chi connectivity index (χ0) is 22.3. The molecule has 0 saturated carbocycles. The summed E-state index contributed by atoms with van der Waals surface area (Å²) in [5.41, 5.74) is 1.59. The maximum Gasteiger partial charge on any atom is 0.242 e. The maximum atomic E-state index is 13.3. The Labute approximate surface area is 183 Å². The highest BCUT2D eigenvalue weighted by Crippen LogP contribution is 2.20. The van der Waals surface area contributed by atoms with Crippen molar-refractivity contribution in [3.05, 3.63) is 65.5 Å². The lowest BCUT2D eigenvalue weighted by atomic mass is 10.1. The number of hydrogen-bond acceptors (Lipinski definition) is 3. The molecule has 0 unspecified atom stereocenters. The van der Waals surface area contributed by atoms with E-state index < -0.39 is 11.6 Å². The minimum atomic E-state index is -0.633. The van der Waals surface area contributed by atoms with Crippen LogP contribution in [0.1, 0.15) is 45.2 Å². The topological polar surface area (TPSA) is 49.4 Å². The van der Waals surface area contributed by atoms with Gasteiger partial charge in [0.15, 0.2) is 0 Å². The summed E-state index contributed by atoms with van der Waals surface area (Å²) >= 11 is 1.62. The second-order valence-electron chi connectivity index (χ2n) is 8.47. The summed E-state index contributed by atoms with van der Waals surface area (Å²) in [6.45, 7) is 9.74. The Morgan fingerprint density at radius 3 is 2.23 bits per heavy atom. The highest BCUT2D eigenvalue weighted by Gasteiger charge is 2.28. The minimum absolute atomic E-state index is 0.101. The van der Waals surface area contributed by atoms with Crippen molar-refractivity contribution >= 4 is 23.6 Å². The van der Waals surface area contributed by atoms with E-state index in [0.29, 0.717) is 12.2 Å². The van der Waals surface area contributed by atoms with Crippen LogP contribution in [0.3, 0.4) is 0 Å². The van der Waals surface area contributed by atoms with Crippen LogP contribution in [0, 0.1) is 12.7 Å². The maximum absolute atomic E-state index is 13.3. The lowest BCUT2D eigenvalue weighted by Gasteiger charge is -2.31. The largest absolute Gasteiger partial charge is 0.350 e. The van der Waals surface area contributed by atoms with Crippen LogP contribution in [0.5, 0.6) is 0 Å². The molecular weight excluding hydrogens is 399 g/mol. The number of hydrogen-bond donors (Lipinski definition) is 1. The highest BCUT2D eigenvalue weighted by molar-refractivity contribution is 7.99. The molecule has 0 aliphatic rings.